The van der Waals surface area contributed by atoms with Gasteiger partial charge < -0.3 is 21.1 Å². The smallest absolute Gasteiger partial charge is 0.262 e. The predicted octanol–water partition coefficient (Wildman–Crippen LogP) is 1.58. The highest BCUT2D eigenvalue weighted by atomic mass is 16.5. The SMILES string of the molecule is CC(C)CC(=O)Nc1cc2c(cc1N)OCC(=O)N2. The molecule has 0 saturated carbocycles. The second-order valence-electron chi connectivity index (χ2n) is 4.92. The number of benzene rings is 1. The van der Waals surface area contributed by atoms with Crippen molar-refractivity contribution < 1.29 is 14.3 Å². The molecule has 2 rings (SSSR count). The lowest BCUT2D eigenvalue weighted by atomic mass is 10.1. The lowest BCUT2D eigenvalue weighted by Gasteiger charge is -2.20. The molecule has 19 heavy (non-hydrogen) atoms. The zero-order valence-corrected chi connectivity index (χ0v) is 10.9. The maximum atomic E-state index is 11.7. The quantitative estimate of drug-likeness (QED) is 0.722. The Labute approximate surface area is 111 Å². The molecule has 1 aliphatic heterocycles. The summed E-state index contributed by atoms with van der Waals surface area (Å²) in [6.07, 6.45) is 0.416. The summed E-state index contributed by atoms with van der Waals surface area (Å²) in [4.78, 5) is 23.0. The van der Waals surface area contributed by atoms with Gasteiger partial charge in [0.1, 0.15) is 5.75 Å². The van der Waals surface area contributed by atoms with Crippen molar-refractivity contribution >= 4 is 28.9 Å². The van der Waals surface area contributed by atoms with Crippen LogP contribution in [0, 0.1) is 5.92 Å². The fraction of sp³-hybridized carbons (Fsp3) is 0.385. The van der Waals surface area contributed by atoms with Crippen LogP contribution in [0.1, 0.15) is 20.3 Å². The average Bonchev–Trinajstić information content (AvgIpc) is 2.29. The van der Waals surface area contributed by atoms with Crippen LogP contribution in [0.3, 0.4) is 0 Å². The van der Waals surface area contributed by atoms with E-state index in [0.29, 0.717) is 29.2 Å². The number of nitrogen functional groups attached to an aromatic ring is 1. The predicted molar refractivity (Wildman–Crippen MR) is 73.1 cm³/mol. The lowest BCUT2D eigenvalue weighted by molar-refractivity contribution is -0.118. The Bertz CT molecular complexity index is 526. The third-order valence-corrected chi connectivity index (χ3v) is 2.65. The van der Waals surface area contributed by atoms with Gasteiger partial charge in [-0.3, -0.25) is 9.59 Å². The minimum absolute atomic E-state index is 0.0223. The Kier molecular flexibility index (Phi) is 3.59. The van der Waals surface area contributed by atoms with Crippen LogP contribution in [0.15, 0.2) is 12.1 Å². The number of amides is 2. The highest BCUT2D eigenvalue weighted by Crippen LogP contribution is 2.35. The zero-order valence-electron chi connectivity index (χ0n) is 10.9. The second kappa shape index (κ2) is 5.17. The zero-order chi connectivity index (χ0) is 14.0. The third-order valence-electron chi connectivity index (χ3n) is 2.65. The van der Waals surface area contributed by atoms with Gasteiger partial charge in [-0.05, 0) is 12.0 Å². The fourth-order valence-electron chi connectivity index (χ4n) is 1.82. The van der Waals surface area contributed by atoms with Crippen molar-refractivity contribution in [3.63, 3.8) is 0 Å². The van der Waals surface area contributed by atoms with Crippen LogP contribution in [0.5, 0.6) is 5.75 Å². The number of hydrogen-bond acceptors (Lipinski definition) is 4. The van der Waals surface area contributed by atoms with E-state index in [-0.39, 0.29) is 24.3 Å². The second-order valence-corrected chi connectivity index (χ2v) is 4.92. The molecule has 0 unspecified atom stereocenters. The van der Waals surface area contributed by atoms with Gasteiger partial charge in [0, 0.05) is 12.5 Å². The van der Waals surface area contributed by atoms with E-state index in [1.54, 1.807) is 12.1 Å². The van der Waals surface area contributed by atoms with Gasteiger partial charge in [-0.25, -0.2) is 0 Å². The fourth-order valence-corrected chi connectivity index (χ4v) is 1.82. The van der Waals surface area contributed by atoms with E-state index in [4.69, 9.17) is 10.5 Å². The molecule has 102 valence electrons. The molecule has 1 aromatic rings. The van der Waals surface area contributed by atoms with Crippen LogP contribution in [-0.2, 0) is 9.59 Å². The first kappa shape index (κ1) is 13.2. The van der Waals surface area contributed by atoms with Crippen molar-refractivity contribution in [3.05, 3.63) is 12.1 Å². The van der Waals surface area contributed by atoms with Crippen LogP contribution >= 0.6 is 0 Å². The molecular formula is C13H17N3O3. The Balaban J connectivity index is 2.19. The van der Waals surface area contributed by atoms with Crippen molar-refractivity contribution in [2.75, 3.05) is 23.0 Å². The molecule has 0 radical (unpaired) electrons. The molecule has 0 aromatic heterocycles. The molecule has 0 fully saturated rings. The Hall–Kier alpha value is -2.24. The maximum Gasteiger partial charge on any atom is 0.262 e. The first-order valence-corrected chi connectivity index (χ1v) is 6.11. The van der Waals surface area contributed by atoms with Crippen LogP contribution in [0.4, 0.5) is 17.1 Å². The summed E-state index contributed by atoms with van der Waals surface area (Å²) in [5.74, 6) is 0.447. The minimum atomic E-state index is -0.225. The van der Waals surface area contributed by atoms with E-state index >= 15 is 0 Å². The molecule has 4 N–H and O–H groups in total. The summed E-state index contributed by atoms with van der Waals surface area (Å²) in [5.41, 5.74) is 7.26. The van der Waals surface area contributed by atoms with E-state index in [1.807, 2.05) is 13.8 Å². The standard InChI is InChI=1S/C13H17N3O3/c1-7(2)3-12(17)15-9-5-10-11(4-8(9)14)19-6-13(18)16-10/h4-5,7H,3,6,14H2,1-2H3,(H,15,17)(H,16,18). The molecule has 6 nitrogen and oxygen atoms in total. The number of nitrogens with one attached hydrogen (secondary N) is 2. The molecule has 2 amide bonds. The summed E-state index contributed by atoms with van der Waals surface area (Å²) in [5, 5.41) is 5.41. The van der Waals surface area contributed by atoms with Gasteiger partial charge in [-0.2, -0.15) is 0 Å². The van der Waals surface area contributed by atoms with Gasteiger partial charge in [0.2, 0.25) is 5.91 Å². The van der Waals surface area contributed by atoms with Crippen LogP contribution < -0.4 is 21.1 Å². The van der Waals surface area contributed by atoms with Gasteiger partial charge in [0.15, 0.2) is 6.61 Å². The van der Waals surface area contributed by atoms with Crippen molar-refractivity contribution in [1.82, 2.24) is 0 Å². The van der Waals surface area contributed by atoms with Crippen molar-refractivity contribution in [3.8, 4) is 5.75 Å². The van der Waals surface area contributed by atoms with E-state index in [2.05, 4.69) is 10.6 Å². The lowest BCUT2D eigenvalue weighted by Crippen LogP contribution is -2.25. The molecule has 0 bridgehead atoms. The Morgan fingerprint density at radius 3 is 2.95 bits per heavy atom. The molecule has 1 heterocycles. The number of fused-ring (bicyclic) bond motifs is 1. The first-order chi connectivity index (χ1) is 8.95. The number of nitrogens with two attached hydrogens (primary N) is 1. The number of ether oxygens (including phenoxy) is 1. The van der Waals surface area contributed by atoms with Gasteiger partial charge in [-0.1, -0.05) is 13.8 Å². The van der Waals surface area contributed by atoms with Gasteiger partial charge >= 0.3 is 0 Å². The minimum Gasteiger partial charge on any atom is -0.482 e. The third kappa shape index (κ3) is 3.15. The van der Waals surface area contributed by atoms with Gasteiger partial charge in [0.05, 0.1) is 17.1 Å². The first-order valence-electron chi connectivity index (χ1n) is 6.11. The summed E-state index contributed by atoms with van der Waals surface area (Å²) in [6, 6.07) is 3.21. The van der Waals surface area contributed by atoms with Crippen molar-refractivity contribution in [2.24, 2.45) is 5.92 Å². The normalized spacial score (nSPS) is 13.5. The molecule has 0 spiro atoms. The van der Waals surface area contributed by atoms with Crippen molar-refractivity contribution in [1.29, 1.82) is 0 Å². The molecule has 1 aromatic carbocycles. The largest absolute Gasteiger partial charge is 0.482 e. The molecule has 6 heteroatoms. The molecule has 1 aliphatic rings. The summed E-state index contributed by atoms with van der Waals surface area (Å²) in [7, 11) is 0. The Morgan fingerprint density at radius 2 is 2.26 bits per heavy atom. The Morgan fingerprint density at radius 1 is 1.53 bits per heavy atom. The average molecular weight is 263 g/mol. The summed E-state index contributed by atoms with van der Waals surface area (Å²) < 4.78 is 5.24. The van der Waals surface area contributed by atoms with Gasteiger partial charge in [0.25, 0.3) is 5.91 Å². The number of anilines is 3. The van der Waals surface area contributed by atoms with Crippen molar-refractivity contribution in [2.45, 2.75) is 20.3 Å². The molecular weight excluding hydrogens is 246 g/mol. The number of rotatable bonds is 3. The van der Waals surface area contributed by atoms with Crippen LogP contribution in [0.2, 0.25) is 0 Å². The highest BCUT2D eigenvalue weighted by Gasteiger charge is 2.18. The molecule has 0 saturated heterocycles. The molecule has 0 aliphatic carbocycles. The summed E-state index contributed by atoms with van der Waals surface area (Å²) >= 11 is 0. The highest BCUT2D eigenvalue weighted by molar-refractivity contribution is 6.00. The van der Waals surface area contributed by atoms with E-state index in [9.17, 15) is 9.59 Å². The number of carbonyl (C=O) groups is 2. The maximum absolute atomic E-state index is 11.7. The van der Waals surface area contributed by atoms with Gasteiger partial charge in [-0.15, -0.1) is 0 Å². The van der Waals surface area contributed by atoms with E-state index in [0.717, 1.165) is 0 Å². The topological polar surface area (TPSA) is 93.5 Å². The number of hydrogen-bond donors (Lipinski definition) is 3. The molecule has 0 atom stereocenters. The number of carbonyl (C=O) groups excluding carboxylic acids is 2. The summed E-state index contributed by atoms with van der Waals surface area (Å²) in [6.45, 7) is 3.90. The van der Waals surface area contributed by atoms with E-state index in [1.165, 1.54) is 0 Å². The van der Waals surface area contributed by atoms with Crippen LogP contribution in [-0.4, -0.2) is 18.4 Å². The van der Waals surface area contributed by atoms with E-state index < -0.39 is 0 Å². The van der Waals surface area contributed by atoms with Crippen LogP contribution in [0.25, 0.3) is 0 Å². The monoisotopic (exact) mass is 263 g/mol.